The lowest BCUT2D eigenvalue weighted by molar-refractivity contribution is 0.00653. The lowest BCUT2D eigenvalue weighted by Gasteiger charge is -2.25. The van der Waals surface area contributed by atoms with Crippen molar-refractivity contribution in [3.05, 3.63) is 39.3 Å². The first-order chi connectivity index (χ1) is 10.7. The average molecular weight is 318 g/mol. The standard InChI is InChI=1S/C15H18N4O2S/c1-19-8-16-13(9-5-21-6-9)12(19)7-22-15-17-11-4-2-3-10(11)14(20)18-15/h8-9H,2-7H2,1H3,(H,17,18,20). The SMILES string of the molecule is Cn1cnc(C2COC2)c1CSc1nc2c(c(=O)[nH]1)CCC2. The van der Waals surface area contributed by atoms with Gasteiger partial charge in [-0.05, 0) is 19.3 Å². The van der Waals surface area contributed by atoms with Gasteiger partial charge in [0.05, 0.1) is 36.6 Å². The Balaban J connectivity index is 1.55. The summed E-state index contributed by atoms with van der Waals surface area (Å²) < 4.78 is 7.31. The van der Waals surface area contributed by atoms with Gasteiger partial charge in [0.25, 0.3) is 5.56 Å². The fraction of sp³-hybridized carbons (Fsp3) is 0.533. The largest absolute Gasteiger partial charge is 0.380 e. The second-order valence-electron chi connectivity index (χ2n) is 5.86. The molecular formula is C15H18N4O2S. The van der Waals surface area contributed by atoms with Crippen LogP contribution in [0.4, 0.5) is 0 Å². The molecule has 3 heterocycles. The molecule has 0 aromatic carbocycles. The lowest BCUT2D eigenvalue weighted by atomic mass is 10.0. The quantitative estimate of drug-likeness (QED) is 0.681. The van der Waals surface area contributed by atoms with Crippen LogP contribution in [0.5, 0.6) is 0 Å². The molecule has 0 unspecified atom stereocenters. The number of ether oxygens (including phenoxy) is 1. The Bertz CT molecular complexity index is 763. The van der Waals surface area contributed by atoms with Gasteiger partial charge in [-0.2, -0.15) is 0 Å². The molecule has 1 fully saturated rings. The van der Waals surface area contributed by atoms with E-state index in [4.69, 9.17) is 4.74 Å². The average Bonchev–Trinajstić information content (AvgIpc) is 3.03. The number of hydrogen-bond acceptors (Lipinski definition) is 5. The number of imidazole rings is 1. The Morgan fingerprint density at radius 1 is 1.45 bits per heavy atom. The van der Waals surface area contributed by atoms with Crippen LogP contribution >= 0.6 is 11.8 Å². The third-order valence-corrected chi connectivity index (χ3v) is 5.27. The fourth-order valence-electron chi connectivity index (χ4n) is 3.01. The van der Waals surface area contributed by atoms with Gasteiger partial charge in [-0.3, -0.25) is 4.79 Å². The first-order valence-electron chi connectivity index (χ1n) is 7.55. The molecule has 6 nitrogen and oxygen atoms in total. The number of aromatic nitrogens is 4. The Kier molecular flexibility index (Phi) is 3.54. The zero-order valence-corrected chi connectivity index (χ0v) is 13.3. The summed E-state index contributed by atoms with van der Waals surface area (Å²) in [6.45, 7) is 1.51. The molecule has 1 aliphatic heterocycles. The number of H-pyrrole nitrogens is 1. The molecule has 0 saturated carbocycles. The van der Waals surface area contributed by atoms with Crippen LogP contribution in [-0.2, 0) is 30.4 Å². The summed E-state index contributed by atoms with van der Waals surface area (Å²) in [6.07, 6.45) is 4.66. The Morgan fingerprint density at radius 3 is 3.09 bits per heavy atom. The zero-order chi connectivity index (χ0) is 15.1. The van der Waals surface area contributed by atoms with Gasteiger partial charge in [-0.1, -0.05) is 11.8 Å². The van der Waals surface area contributed by atoms with E-state index in [1.54, 1.807) is 11.8 Å². The molecule has 1 N–H and O–H groups in total. The van der Waals surface area contributed by atoms with Crippen LogP contribution in [0, 0.1) is 0 Å². The molecule has 1 saturated heterocycles. The van der Waals surface area contributed by atoms with E-state index in [9.17, 15) is 4.79 Å². The number of fused-ring (bicyclic) bond motifs is 1. The molecule has 0 radical (unpaired) electrons. The summed E-state index contributed by atoms with van der Waals surface area (Å²) in [5.41, 5.74) is 4.18. The third kappa shape index (κ3) is 2.38. The van der Waals surface area contributed by atoms with Crippen molar-refractivity contribution in [2.45, 2.75) is 36.1 Å². The molecule has 0 spiro atoms. The van der Waals surface area contributed by atoms with Crippen molar-refractivity contribution in [3.63, 3.8) is 0 Å². The molecule has 0 amide bonds. The number of aromatic amines is 1. The van der Waals surface area contributed by atoms with Gasteiger partial charge in [-0.25, -0.2) is 9.97 Å². The molecule has 0 atom stereocenters. The monoisotopic (exact) mass is 318 g/mol. The minimum atomic E-state index is 0.0302. The maximum absolute atomic E-state index is 12.0. The van der Waals surface area contributed by atoms with Gasteiger partial charge in [0.1, 0.15) is 0 Å². The third-order valence-electron chi connectivity index (χ3n) is 4.38. The molecule has 2 aromatic rings. The zero-order valence-electron chi connectivity index (χ0n) is 12.5. The van der Waals surface area contributed by atoms with Crippen molar-refractivity contribution in [1.29, 1.82) is 0 Å². The highest BCUT2D eigenvalue weighted by molar-refractivity contribution is 7.98. The number of rotatable bonds is 4. The van der Waals surface area contributed by atoms with Crippen LogP contribution in [0.15, 0.2) is 16.3 Å². The van der Waals surface area contributed by atoms with Gasteiger partial charge in [0.2, 0.25) is 0 Å². The van der Waals surface area contributed by atoms with Crippen LogP contribution in [0.2, 0.25) is 0 Å². The van der Waals surface area contributed by atoms with Crippen molar-refractivity contribution < 1.29 is 4.74 Å². The highest BCUT2D eigenvalue weighted by Gasteiger charge is 2.26. The van der Waals surface area contributed by atoms with Gasteiger partial charge < -0.3 is 14.3 Å². The van der Waals surface area contributed by atoms with Crippen LogP contribution in [-0.4, -0.2) is 32.7 Å². The van der Waals surface area contributed by atoms with Crippen molar-refractivity contribution in [1.82, 2.24) is 19.5 Å². The Morgan fingerprint density at radius 2 is 2.32 bits per heavy atom. The topological polar surface area (TPSA) is 72.8 Å². The second kappa shape index (κ2) is 5.55. The smallest absolute Gasteiger partial charge is 0.254 e. The number of thioether (sulfide) groups is 1. The summed E-state index contributed by atoms with van der Waals surface area (Å²) in [4.78, 5) is 24.1. The predicted octanol–water partition coefficient (Wildman–Crippen LogP) is 1.40. The van der Waals surface area contributed by atoms with E-state index in [-0.39, 0.29) is 5.56 Å². The number of nitrogens with one attached hydrogen (secondary N) is 1. The van der Waals surface area contributed by atoms with Crippen molar-refractivity contribution >= 4 is 11.8 Å². The highest BCUT2D eigenvalue weighted by Crippen LogP contribution is 2.29. The van der Waals surface area contributed by atoms with Crippen molar-refractivity contribution in [2.75, 3.05) is 13.2 Å². The predicted molar refractivity (Wildman–Crippen MR) is 83.2 cm³/mol. The van der Waals surface area contributed by atoms with Crippen molar-refractivity contribution in [3.8, 4) is 0 Å². The van der Waals surface area contributed by atoms with Gasteiger partial charge in [0.15, 0.2) is 5.16 Å². The summed E-state index contributed by atoms with van der Waals surface area (Å²) in [6, 6.07) is 0. The van der Waals surface area contributed by atoms with Crippen LogP contribution in [0.25, 0.3) is 0 Å². The fourth-order valence-corrected chi connectivity index (χ4v) is 3.97. The Hall–Kier alpha value is -1.60. The molecule has 4 rings (SSSR count). The van der Waals surface area contributed by atoms with Crippen LogP contribution < -0.4 is 5.56 Å². The summed E-state index contributed by atoms with van der Waals surface area (Å²) in [5, 5.41) is 0.711. The molecule has 2 aliphatic rings. The van der Waals surface area contributed by atoms with Crippen LogP contribution in [0.3, 0.4) is 0 Å². The molecule has 7 heteroatoms. The molecule has 1 aliphatic carbocycles. The molecule has 2 aromatic heterocycles. The van der Waals surface area contributed by atoms with Crippen molar-refractivity contribution in [2.24, 2.45) is 7.05 Å². The van der Waals surface area contributed by atoms with E-state index in [2.05, 4.69) is 15.0 Å². The van der Waals surface area contributed by atoms with E-state index in [1.807, 2.05) is 17.9 Å². The van der Waals surface area contributed by atoms with E-state index < -0.39 is 0 Å². The molecule has 22 heavy (non-hydrogen) atoms. The second-order valence-corrected chi connectivity index (χ2v) is 6.82. The van der Waals surface area contributed by atoms with Gasteiger partial charge in [0, 0.05) is 24.3 Å². The molecular weight excluding hydrogens is 300 g/mol. The highest BCUT2D eigenvalue weighted by atomic mass is 32.2. The lowest BCUT2D eigenvalue weighted by Crippen LogP contribution is -2.26. The van der Waals surface area contributed by atoms with E-state index >= 15 is 0 Å². The van der Waals surface area contributed by atoms with E-state index in [0.29, 0.717) is 11.1 Å². The van der Waals surface area contributed by atoms with E-state index in [0.717, 1.165) is 55.2 Å². The number of hydrogen-bond donors (Lipinski definition) is 1. The minimum Gasteiger partial charge on any atom is -0.380 e. The maximum Gasteiger partial charge on any atom is 0.254 e. The van der Waals surface area contributed by atoms with Gasteiger partial charge in [-0.15, -0.1) is 0 Å². The molecule has 0 bridgehead atoms. The normalized spacial score (nSPS) is 17.5. The summed E-state index contributed by atoms with van der Waals surface area (Å²) >= 11 is 1.57. The van der Waals surface area contributed by atoms with E-state index in [1.165, 1.54) is 5.69 Å². The first kappa shape index (κ1) is 14.0. The maximum atomic E-state index is 12.0. The number of nitrogens with zero attached hydrogens (tertiary/aromatic N) is 3. The van der Waals surface area contributed by atoms with Gasteiger partial charge >= 0.3 is 0 Å². The first-order valence-corrected chi connectivity index (χ1v) is 8.53. The Labute approximate surface area is 132 Å². The van der Waals surface area contributed by atoms with Crippen LogP contribution in [0.1, 0.15) is 35.0 Å². The summed E-state index contributed by atoms with van der Waals surface area (Å²) in [7, 11) is 2.00. The minimum absolute atomic E-state index is 0.0302. The summed E-state index contributed by atoms with van der Waals surface area (Å²) in [5.74, 6) is 1.16. The number of aryl methyl sites for hydroxylation is 2. The molecule has 116 valence electrons.